The van der Waals surface area contributed by atoms with Crippen LogP contribution in [0.3, 0.4) is 0 Å². The number of nitrogens with zero attached hydrogens (tertiary/aromatic N) is 2. The molecule has 0 atom stereocenters. The molecule has 8 nitrogen and oxygen atoms in total. The number of hydrogen-bond donors (Lipinski definition) is 2. The van der Waals surface area contributed by atoms with Crippen molar-refractivity contribution in [1.82, 2.24) is 15.1 Å². The SMILES string of the molecule is COc1ccc(CCC(=O)N2CCN(C(=O)NCCCC(=O)O)CC2)cc1. The van der Waals surface area contributed by atoms with E-state index in [-0.39, 0.29) is 18.4 Å². The van der Waals surface area contributed by atoms with Crippen LogP contribution in [-0.2, 0) is 16.0 Å². The van der Waals surface area contributed by atoms with Crippen molar-refractivity contribution >= 4 is 17.9 Å². The van der Waals surface area contributed by atoms with Gasteiger partial charge in [-0.15, -0.1) is 0 Å². The van der Waals surface area contributed by atoms with E-state index in [4.69, 9.17) is 9.84 Å². The minimum atomic E-state index is -0.869. The van der Waals surface area contributed by atoms with E-state index in [1.165, 1.54) is 0 Å². The van der Waals surface area contributed by atoms with Crippen molar-refractivity contribution in [3.63, 3.8) is 0 Å². The summed E-state index contributed by atoms with van der Waals surface area (Å²) >= 11 is 0. The maximum atomic E-state index is 12.4. The lowest BCUT2D eigenvalue weighted by Crippen LogP contribution is -2.53. The number of hydrogen-bond acceptors (Lipinski definition) is 4. The molecule has 0 saturated carbocycles. The summed E-state index contributed by atoms with van der Waals surface area (Å²) in [7, 11) is 1.62. The molecule has 1 aliphatic heterocycles. The zero-order chi connectivity index (χ0) is 19.6. The standard InChI is InChI=1S/C19H27N3O5/c1-27-16-7-4-15(5-8-16)6-9-17(23)21-11-13-22(14-12-21)19(26)20-10-2-3-18(24)25/h4-5,7-8H,2-3,6,9-14H2,1H3,(H,20,26)(H,24,25). The number of carbonyl (C=O) groups is 3. The number of piperazine rings is 1. The minimum Gasteiger partial charge on any atom is -0.497 e. The maximum absolute atomic E-state index is 12.4. The van der Waals surface area contributed by atoms with Gasteiger partial charge in [0.05, 0.1) is 7.11 Å². The molecular formula is C19H27N3O5. The Balaban J connectivity index is 1.67. The van der Waals surface area contributed by atoms with Crippen LogP contribution < -0.4 is 10.1 Å². The van der Waals surface area contributed by atoms with Crippen molar-refractivity contribution in [2.45, 2.75) is 25.7 Å². The fraction of sp³-hybridized carbons (Fsp3) is 0.526. The van der Waals surface area contributed by atoms with Crippen molar-refractivity contribution < 1.29 is 24.2 Å². The molecule has 0 spiro atoms. The molecule has 1 heterocycles. The molecule has 3 amide bonds. The molecule has 0 radical (unpaired) electrons. The van der Waals surface area contributed by atoms with Crippen LogP contribution in [-0.4, -0.2) is 72.6 Å². The van der Waals surface area contributed by atoms with Crippen LogP contribution in [0.2, 0.25) is 0 Å². The van der Waals surface area contributed by atoms with Crippen LogP contribution in [0.4, 0.5) is 4.79 Å². The zero-order valence-corrected chi connectivity index (χ0v) is 15.6. The second-order valence-corrected chi connectivity index (χ2v) is 6.45. The Morgan fingerprint density at radius 1 is 1.04 bits per heavy atom. The molecule has 1 fully saturated rings. The van der Waals surface area contributed by atoms with Gasteiger partial charge in [-0.25, -0.2) is 4.79 Å². The average molecular weight is 377 g/mol. The lowest BCUT2D eigenvalue weighted by Gasteiger charge is -2.34. The lowest BCUT2D eigenvalue weighted by atomic mass is 10.1. The monoisotopic (exact) mass is 377 g/mol. The number of rotatable bonds is 8. The highest BCUT2D eigenvalue weighted by Crippen LogP contribution is 2.13. The van der Waals surface area contributed by atoms with Crippen LogP contribution >= 0.6 is 0 Å². The Bertz CT molecular complexity index is 639. The minimum absolute atomic E-state index is 0.0384. The smallest absolute Gasteiger partial charge is 0.317 e. The van der Waals surface area contributed by atoms with Crippen LogP contribution in [0, 0.1) is 0 Å². The molecule has 2 rings (SSSR count). The third-order valence-electron chi connectivity index (χ3n) is 4.55. The van der Waals surface area contributed by atoms with Crippen LogP contribution in [0.1, 0.15) is 24.8 Å². The van der Waals surface area contributed by atoms with Crippen molar-refractivity contribution in [1.29, 1.82) is 0 Å². The highest BCUT2D eigenvalue weighted by Gasteiger charge is 2.23. The molecule has 27 heavy (non-hydrogen) atoms. The van der Waals surface area contributed by atoms with Crippen LogP contribution in [0.15, 0.2) is 24.3 Å². The number of nitrogens with one attached hydrogen (secondary N) is 1. The average Bonchev–Trinajstić information content (AvgIpc) is 2.69. The van der Waals surface area contributed by atoms with E-state index >= 15 is 0 Å². The Labute approximate surface area is 159 Å². The number of carboxylic acid groups (broad SMARTS) is 1. The highest BCUT2D eigenvalue weighted by atomic mass is 16.5. The highest BCUT2D eigenvalue weighted by molar-refractivity contribution is 5.78. The molecule has 148 valence electrons. The number of ether oxygens (including phenoxy) is 1. The number of methoxy groups -OCH3 is 1. The second kappa shape index (κ2) is 10.4. The third-order valence-corrected chi connectivity index (χ3v) is 4.55. The number of carboxylic acids is 1. The predicted octanol–water partition coefficient (Wildman–Crippen LogP) is 1.35. The lowest BCUT2D eigenvalue weighted by molar-refractivity contribution is -0.137. The molecule has 0 aromatic heterocycles. The zero-order valence-electron chi connectivity index (χ0n) is 15.6. The van der Waals surface area contributed by atoms with Gasteiger partial charge in [0.25, 0.3) is 0 Å². The van der Waals surface area contributed by atoms with Crippen LogP contribution in [0.25, 0.3) is 0 Å². The van der Waals surface area contributed by atoms with E-state index in [0.29, 0.717) is 52.0 Å². The summed E-state index contributed by atoms with van der Waals surface area (Å²) in [4.78, 5) is 38.3. The van der Waals surface area contributed by atoms with Gasteiger partial charge in [0.1, 0.15) is 5.75 Å². The topological polar surface area (TPSA) is 99.2 Å². The third kappa shape index (κ3) is 6.80. The summed E-state index contributed by atoms with van der Waals surface area (Å²) in [6.07, 6.45) is 1.56. The molecule has 0 aliphatic carbocycles. The molecule has 8 heteroatoms. The van der Waals surface area contributed by atoms with E-state index in [9.17, 15) is 14.4 Å². The molecular weight excluding hydrogens is 350 g/mol. The Hall–Kier alpha value is -2.77. The van der Waals surface area contributed by atoms with Gasteiger partial charge in [-0.3, -0.25) is 9.59 Å². The molecule has 1 aromatic rings. The van der Waals surface area contributed by atoms with Gasteiger partial charge in [-0.1, -0.05) is 12.1 Å². The number of benzene rings is 1. The van der Waals surface area contributed by atoms with Crippen molar-refractivity contribution in [2.75, 3.05) is 39.8 Å². The van der Waals surface area contributed by atoms with Gasteiger partial charge in [-0.05, 0) is 30.5 Å². The molecule has 1 aromatic carbocycles. The number of urea groups is 1. The van der Waals surface area contributed by atoms with Gasteiger partial charge in [0.2, 0.25) is 5.91 Å². The predicted molar refractivity (Wildman–Crippen MR) is 99.7 cm³/mol. The molecule has 1 saturated heterocycles. The quantitative estimate of drug-likeness (QED) is 0.666. The van der Waals surface area contributed by atoms with E-state index in [1.54, 1.807) is 16.9 Å². The molecule has 0 bridgehead atoms. The van der Waals surface area contributed by atoms with Crippen LogP contribution in [0.5, 0.6) is 5.75 Å². The number of aliphatic carboxylic acids is 1. The Morgan fingerprint density at radius 2 is 1.67 bits per heavy atom. The Kier molecular flexibility index (Phi) is 7.91. The summed E-state index contributed by atoms with van der Waals surface area (Å²) in [5.41, 5.74) is 1.09. The van der Waals surface area contributed by atoms with E-state index < -0.39 is 5.97 Å². The van der Waals surface area contributed by atoms with E-state index in [0.717, 1.165) is 11.3 Å². The fourth-order valence-electron chi connectivity index (χ4n) is 2.91. The molecule has 0 unspecified atom stereocenters. The summed E-state index contributed by atoms with van der Waals surface area (Å²) in [5, 5.41) is 11.3. The largest absolute Gasteiger partial charge is 0.497 e. The fourth-order valence-corrected chi connectivity index (χ4v) is 2.91. The number of carbonyl (C=O) groups excluding carboxylic acids is 2. The van der Waals surface area contributed by atoms with Crippen molar-refractivity contribution in [3.8, 4) is 5.75 Å². The van der Waals surface area contributed by atoms with Crippen molar-refractivity contribution in [2.24, 2.45) is 0 Å². The van der Waals surface area contributed by atoms with E-state index in [1.807, 2.05) is 24.3 Å². The molecule has 1 aliphatic rings. The van der Waals surface area contributed by atoms with Crippen molar-refractivity contribution in [3.05, 3.63) is 29.8 Å². The first-order chi connectivity index (χ1) is 13.0. The normalized spacial score (nSPS) is 14.0. The second-order valence-electron chi connectivity index (χ2n) is 6.45. The van der Waals surface area contributed by atoms with Gasteiger partial charge >= 0.3 is 12.0 Å². The first kappa shape index (κ1) is 20.5. The first-order valence-corrected chi connectivity index (χ1v) is 9.15. The summed E-state index contributed by atoms with van der Waals surface area (Å²) in [6.45, 7) is 2.35. The number of aryl methyl sites for hydroxylation is 1. The summed E-state index contributed by atoms with van der Waals surface area (Å²) in [6, 6.07) is 7.48. The molecule has 2 N–H and O–H groups in total. The number of amides is 3. The van der Waals surface area contributed by atoms with Gasteiger partial charge in [0, 0.05) is 45.6 Å². The summed E-state index contributed by atoms with van der Waals surface area (Å²) < 4.78 is 5.12. The van der Waals surface area contributed by atoms with Gasteiger partial charge in [0.15, 0.2) is 0 Å². The van der Waals surface area contributed by atoms with Gasteiger partial charge < -0.3 is 25.0 Å². The maximum Gasteiger partial charge on any atom is 0.317 e. The Morgan fingerprint density at radius 3 is 2.26 bits per heavy atom. The van der Waals surface area contributed by atoms with Gasteiger partial charge in [-0.2, -0.15) is 0 Å². The summed E-state index contributed by atoms with van der Waals surface area (Å²) in [5.74, 6) is 0.0146. The first-order valence-electron chi connectivity index (χ1n) is 9.15. The van der Waals surface area contributed by atoms with E-state index in [2.05, 4.69) is 5.32 Å².